The molecule has 4 heteroatoms. The van der Waals surface area contributed by atoms with E-state index in [2.05, 4.69) is 33.8 Å². The predicted octanol–water partition coefficient (Wildman–Crippen LogP) is 5.41. The first kappa shape index (κ1) is 18.5. The van der Waals surface area contributed by atoms with Crippen molar-refractivity contribution < 1.29 is 14.3 Å². The molecule has 23 heavy (non-hydrogen) atoms. The highest BCUT2D eigenvalue weighted by Gasteiger charge is 2.42. The molecule has 1 heterocycles. The maximum absolute atomic E-state index is 10.5. The van der Waals surface area contributed by atoms with Crippen LogP contribution >= 0.6 is 0 Å². The van der Waals surface area contributed by atoms with Crippen LogP contribution in [0.2, 0.25) is 18.1 Å². The molecule has 0 aromatic heterocycles. The number of benzene rings is 1. The van der Waals surface area contributed by atoms with E-state index in [0.717, 1.165) is 37.0 Å². The van der Waals surface area contributed by atoms with Crippen molar-refractivity contribution in [1.82, 2.24) is 0 Å². The van der Waals surface area contributed by atoms with E-state index in [9.17, 15) is 4.80 Å². The highest BCUT2D eigenvalue weighted by Crippen LogP contribution is 2.47. The van der Waals surface area contributed by atoms with Crippen LogP contribution in [-0.2, 0) is 4.74 Å². The number of hydrogen-bond donors (Lipinski definition) is 1. The first-order chi connectivity index (χ1) is 10.6. The number of fused-ring (bicyclic) bond motifs is 1. The molecular formula is C19H32O3Si. The third-order valence-corrected chi connectivity index (χ3v) is 9.25. The first-order valence-corrected chi connectivity index (χ1v) is 11.8. The molecular weight excluding hydrogens is 304 g/mol. The zero-order chi connectivity index (χ0) is 17.3. The largest absolute Gasteiger partial charge is 0.462 e. The molecule has 130 valence electrons. The van der Waals surface area contributed by atoms with E-state index in [4.69, 9.17) is 9.47 Å². The van der Waals surface area contributed by atoms with Gasteiger partial charge in [-0.05, 0) is 37.0 Å². The second-order valence-corrected chi connectivity index (χ2v) is 12.3. The molecule has 1 aromatic carbocycles. The lowest BCUT2D eigenvalue weighted by Crippen LogP contribution is -2.43. The Bertz CT molecular complexity index is 530. The summed E-state index contributed by atoms with van der Waals surface area (Å²) in [5.74, 6) is 0.431. The minimum Gasteiger partial charge on any atom is -0.462 e. The summed E-state index contributed by atoms with van der Waals surface area (Å²) < 4.78 is 12.6. The molecule has 0 aliphatic carbocycles. The van der Waals surface area contributed by atoms with Gasteiger partial charge in [0.25, 0.3) is 0 Å². The predicted molar refractivity (Wildman–Crippen MR) is 97.2 cm³/mol. The topological polar surface area (TPSA) is 38.7 Å². The fraction of sp³-hybridized carbons (Fsp3) is 0.684. The minimum atomic E-state index is -2.20. The molecule has 1 aliphatic heterocycles. The van der Waals surface area contributed by atoms with Gasteiger partial charge in [-0.15, -0.1) is 0 Å². The SMILES string of the molecule is CCC1(CC)Oc2ccccc2C(CCC(C)(C)[Si](C)(C)O)O1. The molecule has 0 bridgehead atoms. The standard InChI is InChI=1S/C19H32O3Si/c1-7-19(8-2)21-16-12-10-9-11-15(16)17(22-19)13-14-18(3,4)23(5,6)20/h9-12,17,20H,7-8,13-14H2,1-6H3. The summed E-state index contributed by atoms with van der Waals surface area (Å²) in [5.41, 5.74) is 1.14. The lowest BCUT2D eigenvalue weighted by Gasteiger charge is -2.43. The van der Waals surface area contributed by atoms with Crippen molar-refractivity contribution in [3.05, 3.63) is 29.8 Å². The Labute approximate surface area is 142 Å². The quantitative estimate of drug-likeness (QED) is 0.706. The van der Waals surface area contributed by atoms with Crippen molar-refractivity contribution in [3.63, 3.8) is 0 Å². The van der Waals surface area contributed by atoms with Crippen LogP contribution in [0.15, 0.2) is 24.3 Å². The van der Waals surface area contributed by atoms with Gasteiger partial charge in [-0.25, -0.2) is 0 Å². The monoisotopic (exact) mass is 336 g/mol. The van der Waals surface area contributed by atoms with Crippen LogP contribution in [-0.4, -0.2) is 18.9 Å². The van der Waals surface area contributed by atoms with E-state index in [1.807, 2.05) is 31.3 Å². The molecule has 2 rings (SSSR count). The molecule has 0 saturated heterocycles. The first-order valence-electron chi connectivity index (χ1n) is 8.82. The third kappa shape index (κ3) is 3.81. The molecule has 0 amide bonds. The number of ether oxygens (including phenoxy) is 2. The summed E-state index contributed by atoms with van der Waals surface area (Å²) in [6.45, 7) is 12.6. The molecule has 3 nitrogen and oxygen atoms in total. The van der Waals surface area contributed by atoms with Crippen LogP contribution in [0.3, 0.4) is 0 Å². The van der Waals surface area contributed by atoms with Crippen molar-refractivity contribution in [2.24, 2.45) is 0 Å². The minimum absolute atomic E-state index is 0.0370. The van der Waals surface area contributed by atoms with Crippen molar-refractivity contribution in [2.75, 3.05) is 0 Å². The van der Waals surface area contributed by atoms with Gasteiger partial charge in [-0.1, -0.05) is 45.9 Å². The van der Waals surface area contributed by atoms with E-state index in [1.165, 1.54) is 0 Å². The maximum Gasteiger partial charge on any atom is 0.210 e. The van der Waals surface area contributed by atoms with Gasteiger partial charge < -0.3 is 14.3 Å². The van der Waals surface area contributed by atoms with Gasteiger partial charge in [0.15, 0.2) is 8.32 Å². The van der Waals surface area contributed by atoms with E-state index < -0.39 is 14.1 Å². The van der Waals surface area contributed by atoms with Crippen molar-refractivity contribution in [1.29, 1.82) is 0 Å². The average Bonchev–Trinajstić information content (AvgIpc) is 2.51. The lowest BCUT2D eigenvalue weighted by molar-refractivity contribution is -0.235. The highest BCUT2D eigenvalue weighted by molar-refractivity contribution is 6.72. The zero-order valence-corrected chi connectivity index (χ0v) is 16.5. The highest BCUT2D eigenvalue weighted by atomic mass is 28.4. The molecule has 1 aromatic rings. The van der Waals surface area contributed by atoms with Gasteiger partial charge in [0.1, 0.15) is 5.75 Å². The zero-order valence-electron chi connectivity index (χ0n) is 15.5. The average molecular weight is 337 g/mol. The normalized spacial score (nSPS) is 20.7. The van der Waals surface area contributed by atoms with Gasteiger partial charge in [0.2, 0.25) is 5.79 Å². The Morgan fingerprint density at radius 3 is 2.35 bits per heavy atom. The van der Waals surface area contributed by atoms with Crippen molar-refractivity contribution in [2.45, 2.75) is 83.4 Å². The van der Waals surface area contributed by atoms with Crippen LogP contribution in [0.1, 0.15) is 65.0 Å². The van der Waals surface area contributed by atoms with Crippen LogP contribution in [0.25, 0.3) is 0 Å². The second kappa shape index (κ2) is 6.58. The van der Waals surface area contributed by atoms with Crippen molar-refractivity contribution in [3.8, 4) is 5.75 Å². The fourth-order valence-corrected chi connectivity index (χ4v) is 3.72. The third-order valence-electron chi connectivity index (χ3n) is 5.68. The summed E-state index contributed by atoms with van der Waals surface area (Å²) in [5, 5.41) is -0.0370. The Balaban J connectivity index is 2.23. The molecule has 0 saturated carbocycles. The van der Waals surface area contributed by atoms with E-state index in [-0.39, 0.29) is 11.1 Å². The Kier molecular flexibility index (Phi) is 5.29. The van der Waals surface area contributed by atoms with Gasteiger partial charge in [-0.2, -0.15) is 0 Å². The Hall–Kier alpha value is -0.843. The van der Waals surface area contributed by atoms with Gasteiger partial charge in [0, 0.05) is 18.4 Å². The van der Waals surface area contributed by atoms with Crippen LogP contribution < -0.4 is 4.74 Å². The summed E-state index contributed by atoms with van der Waals surface area (Å²) in [6.07, 6.45) is 3.56. The van der Waals surface area contributed by atoms with Crippen molar-refractivity contribution >= 4 is 8.32 Å². The van der Waals surface area contributed by atoms with Gasteiger partial charge in [0.05, 0.1) is 6.10 Å². The van der Waals surface area contributed by atoms with Crippen LogP contribution in [0, 0.1) is 0 Å². The van der Waals surface area contributed by atoms with Gasteiger partial charge >= 0.3 is 0 Å². The number of para-hydroxylation sites is 1. The second-order valence-electron chi connectivity index (χ2n) is 7.85. The fourth-order valence-electron chi connectivity index (χ4n) is 2.96. The molecule has 1 aliphatic rings. The van der Waals surface area contributed by atoms with E-state index in [1.54, 1.807) is 0 Å². The van der Waals surface area contributed by atoms with Crippen LogP contribution in [0.5, 0.6) is 5.75 Å². The summed E-state index contributed by atoms with van der Waals surface area (Å²) in [6, 6.07) is 8.20. The Morgan fingerprint density at radius 1 is 1.17 bits per heavy atom. The number of hydrogen-bond acceptors (Lipinski definition) is 3. The van der Waals surface area contributed by atoms with E-state index >= 15 is 0 Å². The lowest BCUT2D eigenvalue weighted by atomic mass is 9.96. The Morgan fingerprint density at radius 2 is 1.78 bits per heavy atom. The molecule has 1 atom stereocenters. The van der Waals surface area contributed by atoms with Crippen LogP contribution in [0.4, 0.5) is 0 Å². The summed E-state index contributed by atoms with van der Waals surface area (Å²) >= 11 is 0. The summed E-state index contributed by atoms with van der Waals surface area (Å²) in [7, 11) is -2.20. The molecule has 0 radical (unpaired) electrons. The molecule has 0 fully saturated rings. The smallest absolute Gasteiger partial charge is 0.210 e. The molecule has 1 unspecified atom stereocenters. The maximum atomic E-state index is 10.5. The number of rotatable bonds is 6. The molecule has 1 N–H and O–H groups in total. The molecule has 0 spiro atoms. The summed E-state index contributed by atoms with van der Waals surface area (Å²) in [4.78, 5) is 10.5. The van der Waals surface area contributed by atoms with Gasteiger partial charge in [-0.3, -0.25) is 0 Å². The van der Waals surface area contributed by atoms with E-state index in [0.29, 0.717) is 0 Å².